The monoisotopic (exact) mass is 429 g/mol. The molecule has 2 aromatic rings. The average molecular weight is 429 g/mol. The van der Waals surface area contributed by atoms with Gasteiger partial charge in [-0.2, -0.15) is 0 Å². The number of nitrogens with zero attached hydrogens (tertiary/aromatic N) is 1. The molecule has 0 atom stereocenters. The highest BCUT2D eigenvalue weighted by atomic mass is 19.1. The molecular weight excluding hydrogens is 401 g/mol. The fraction of sp³-hybridized carbons (Fsp3) is 0.435. The summed E-state index contributed by atoms with van der Waals surface area (Å²) in [5.74, 6) is -2.22. The predicted octanol–water partition coefficient (Wildman–Crippen LogP) is 2.94. The van der Waals surface area contributed by atoms with E-state index in [0.29, 0.717) is 53.8 Å². The first-order valence-electron chi connectivity index (χ1n) is 10.4. The van der Waals surface area contributed by atoms with Crippen molar-refractivity contribution in [2.24, 2.45) is 7.05 Å². The van der Waals surface area contributed by atoms with Crippen molar-refractivity contribution < 1.29 is 23.9 Å². The van der Waals surface area contributed by atoms with Crippen LogP contribution in [-0.4, -0.2) is 39.4 Å². The van der Waals surface area contributed by atoms with Gasteiger partial charge in [0.05, 0.1) is 17.4 Å². The van der Waals surface area contributed by atoms with Crippen molar-refractivity contribution in [3.63, 3.8) is 0 Å². The minimum absolute atomic E-state index is 0.147. The largest absolute Gasteiger partial charge is 0.393 e. The Hall–Kier alpha value is -3.00. The quantitative estimate of drug-likeness (QED) is 0.503. The zero-order chi connectivity index (χ0) is 22.9. The number of anilines is 1. The van der Waals surface area contributed by atoms with Gasteiger partial charge >= 0.3 is 0 Å². The maximum atomic E-state index is 13.5. The topological polar surface area (TPSA) is 100 Å². The third-order valence-corrected chi connectivity index (χ3v) is 6.03. The van der Waals surface area contributed by atoms with Gasteiger partial charge in [-0.25, -0.2) is 4.39 Å². The second kappa shape index (κ2) is 9.01. The Morgan fingerprint density at radius 3 is 2.35 bits per heavy atom. The van der Waals surface area contributed by atoms with Crippen LogP contribution in [0.4, 0.5) is 10.1 Å². The van der Waals surface area contributed by atoms with Crippen LogP contribution in [0.15, 0.2) is 18.2 Å². The summed E-state index contributed by atoms with van der Waals surface area (Å²) in [4.78, 5) is 38.4. The highest BCUT2D eigenvalue weighted by Gasteiger charge is 2.30. The minimum Gasteiger partial charge on any atom is -0.393 e. The highest BCUT2D eigenvalue weighted by Crippen LogP contribution is 2.24. The number of carbonyl (C=O) groups is 3. The number of aromatic nitrogens is 1. The van der Waals surface area contributed by atoms with Crippen LogP contribution in [0.1, 0.15) is 63.4 Å². The third kappa shape index (κ3) is 4.69. The molecule has 1 heterocycles. The number of nitrogens with one attached hydrogen (secondary N) is 2. The number of Topliss-reactive ketones (excluding diaryl/α,β-unsaturated/α-hetero) is 1. The Morgan fingerprint density at radius 2 is 1.74 bits per heavy atom. The molecule has 3 N–H and O–H groups in total. The summed E-state index contributed by atoms with van der Waals surface area (Å²) in [7, 11) is 1.64. The summed E-state index contributed by atoms with van der Waals surface area (Å²) in [5.41, 5.74) is 2.27. The van der Waals surface area contributed by atoms with Gasteiger partial charge < -0.3 is 20.3 Å². The van der Waals surface area contributed by atoms with Crippen molar-refractivity contribution in [3.05, 3.63) is 52.1 Å². The maximum Gasteiger partial charge on any atom is 0.294 e. The molecule has 0 radical (unpaired) electrons. The standard InChI is InChI=1S/C23H28FN3O4/c1-12-11-16(7-10-18(12)24)26-22(30)19-13(2)20(27(4)14(19)3)21(29)23(31)25-15-5-8-17(28)9-6-15/h7,10-11,15,17,28H,5-6,8-9H2,1-4H3,(H,25,31)(H,26,30)/t15-,17-. The van der Waals surface area contributed by atoms with Crippen molar-refractivity contribution in [2.45, 2.75) is 58.6 Å². The van der Waals surface area contributed by atoms with E-state index in [-0.39, 0.29) is 23.7 Å². The maximum absolute atomic E-state index is 13.5. The second-order valence-corrected chi connectivity index (χ2v) is 8.22. The number of benzene rings is 1. The Labute approximate surface area is 180 Å². The molecule has 7 nitrogen and oxygen atoms in total. The van der Waals surface area contributed by atoms with E-state index in [0.717, 1.165) is 0 Å². The Kier molecular flexibility index (Phi) is 6.59. The summed E-state index contributed by atoms with van der Waals surface area (Å²) in [6.07, 6.45) is 2.07. The van der Waals surface area contributed by atoms with Crippen LogP contribution in [0.2, 0.25) is 0 Å². The van der Waals surface area contributed by atoms with Crippen molar-refractivity contribution in [1.29, 1.82) is 0 Å². The highest BCUT2D eigenvalue weighted by molar-refractivity contribution is 6.43. The Bertz CT molecular complexity index is 1040. The number of amides is 2. The number of hydrogen-bond donors (Lipinski definition) is 3. The van der Waals surface area contributed by atoms with E-state index in [1.54, 1.807) is 32.4 Å². The summed E-state index contributed by atoms with van der Waals surface area (Å²) >= 11 is 0. The van der Waals surface area contributed by atoms with E-state index in [2.05, 4.69) is 10.6 Å². The van der Waals surface area contributed by atoms with E-state index in [1.165, 1.54) is 18.2 Å². The van der Waals surface area contributed by atoms with Gasteiger partial charge in [-0.3, -0.25) is 14.4 Å². The summed E-state index contributed by atoms with van der Waals surface area (Å²) < 4.78 is 15.0. The number of aryl methyl sites for hydroxylation is 1. The summed E-state index contributed by atoms with van der Waals surface area (Å²) in [5, 5.41) is 15.1. The number of rotatable bonds is 5. The molecule has 31 heavy (non-hydrogen) atoms. The fourth-order valence-electron chi connectivity index (χ4n) is 4.13. The van der Waals surface area contributed by atoms with Gasteiger partial charge in [0.25, 0.3) is 17.6 Å². The van der Waals surface area contributed by atoms with Crippen molar-refractivity contribution in [2.75, 3.05) is 5.32 Å². The van der Waals surface area contributed by atoms with Crippen LogP contribution >= 0.6 is 0 Å². The van der Waals surface area contributed by atoms with E-state index in [9.17, 15) is 23.9 Å². The van der Waals surface area contributed by atoms with Gasteiger partial charge in [-0.05, 0) is 75.8 Å². The molecule has 0 saturated heterocycles. The van der Waals surface area contributed by atoms with Crippen LogP contribution in [0.25, 0.3) is 0 Å². The van der Waals surface area contributed by atoms with Crippen LogP contribution in [-0.2, 0) is 11.8 Å². The fourth-order valence-corrected chi connectivity index (χ4v) is 4.13. The minimum atomic E-state index is -0.716. The lowest BCUT2D eigenvalue weighted by Gasteiger charge is -2.25. The first-order valence-corrected chi connectivity index (χ1v) is 10.4. The predicted molar refractivity (Wildman–Crippen MR) is 115 cm³/mol. The molecule has 1 saturated carbocycles. The molecule has 1 aliphatic carbocycles. The Balaban J connectivity index is 1.80. The van der Waals surface area contributed by atoms with Gasteiger partial charge in [0.2, 0.25) is 0 Å². The molecule has 0 bridgehead atoms. The molecule has 1 aromatic heterocycles. The summed E-state index contributed by atoms with van der Waals surface area (Å²) in [6.45, 7) is 4.94. The van der Waals surface area contributed by atoms with Crippen LogP contribution in [0.5, 0.6) is 0 Å². The van der Waals surface area contributed by atoms with Gasteiger partial charge in [-0.15, -0.1) is 0 Å². The smallest absolute Gasteiger partial charge is 0.294 e. The molecule has 1 aromatic carbocycles. The first-order chi connectivity index (χ1) is 14.6. The molecule has 3 rings (SSSR count). The zero-order valence-electron chi connectivity index (χ0n) is 18.2. The van der Waals surface area contributed by atoms with Crippen LogP contribution < -0.4 is 10.6 Å². The van der Waals surface area contributed by atoms with E-state index in [1.807, 2.05) is 0 Å². The Morgan fingerprint density at radius 1 is 1.10 bits per heavy atom. The molecule has 1 fully saturated rings. The SMILES string of the molecule is Cc1cc(NC(=O)c2c(C)c(C(=O)C(=O)N[C@H]3CC[C@H](O)CC3)n(C)c2C)ccc1F. The lowest BCUT2D eigenvalue weighted by molar-refractivity contribution is -0.118. The lowest BCUT2D eigenvalue weighted by Crippen LogP contribution is -2.42. The molecule has 0 spiro atoms. The first kappa shape index (κ1) is 22.7. The molecular formula is C23H28FN3O4. The van der Waals surface area contributed by atoms with E-state index >= 15 is 0 Å². The lowest BCUT2D eigenvalue weighted by atomic mass is 9.93. The van der Waals surface area contributed by atoms with Crippen molar-refractivity contribution in [3.8, 4) is 0 Å². The number of halogens is 1. The van der Waals surface area contributed by atoms with Gasteiger partial charge in [0, 0.05) is 24.5 Å². The molecule has 166 valence electrons. The van der Waals surface area contributed by atoms with Crippen molar-refractivity contribution >= 4 is 23.3 Å². The van der Waals surface area contributed by atoms with Crippen LogP contribution in [0, 0.1) is 26.6 Å². The number of hydrogen-bond acceptors (Lipinski definition) is 4. The molecule has 2 amide bonds. The van der Waals surface area contributed by atoms with Gasteiger partial charge in [0.15, 0.2) is 0 Å². The molecule has 0 unspecified atom stereocenters. The molecule has 0 aliphatic heterocycles. The van der Waals surface area contributed by atoms with Crippen LogP contribution in [0.3, 0.4) is 0 Å². The van der Waals surface area contributed by atoms with Gasteiger partial charge in [-0.1, -0.05) is 0 Å². The van der Waals surface area contributed by atoms with E-state index < -0.39 is 17.6 Å². The summed E-state index contributed by atoms with van der Waals surface area (Å²) in [6, 6.07) is 4.13. The number of aliphatic hydroxyl groups excluding tert-OH is 1. The number of carbonyl (C=O) groups excluding carboxylic acids is 3. The third-order valence-electron chi connectivity index (χ3n) is 6.03. The molecule has 1 aliphatic rings. The second-order valence-electron chi connectivity index (χ2n) is 8.22. The van der Waals surface area contributed by atoms with Crippen molar-refractivity contribution in [1.82, 2.24) is 9.88 Å². The number of ketones is 1. The van der Waals surface area contributed by atoms with E-state index in [4.69, 9.17) is 0 Å². The normalized spacial score (nSPS) is 18.5. The van der Waals surface area contributed by atoms with Gasteiger partial charge in [0.1, 0.15) is 5.82 Å². The average Bonchev–Trinajstić information content (AvgIpc) is 2.94. The number of aliphatic hydroxyl groups is 1. The zero-order valence-corrected chi connectivity index (χ0v) is 18.2. The molecule has 8 heteroatoms.